The summed E-state index contributed by atoms with van der Waals surface area (Å²) in [5.41, 5.74) is 1.31. The van der Waals surface area contributed by atoms with Gasteiger partial charge in [0, 0.05) is 6.04 Å². The smallest absolute Gasteiger partial charge is 0.151 e. The van der Waals surface area contributed by atoms with Crippen LogP contribution >= 0.6 is 11.6 Å². The zero-order chi connectivity index (χ0) is 12.7. The van der Waals surface area contributed by atoms with Crippen molar-refractivity contribution in [3.8, 4) is 0 Å². The topological polar surface area (TPSA) is 17.8 Å². The molecule has 2 aromatic rings. The highest BCUT2D eigenvalue weighted by Gasteiger charge is 2.28. The molecule has 0 radical (unpaired) electrons. The molecule has 1 unspecified atom stereocenters. The number of benzene rings is 1. The molecule has 0 spiro atoms. The second-order valence-corrected chi connectivity index (χ2v) is 5.34. The molecule has 0 bridgehead atoms. The fraction of sp³-hybridized carbons (Fsp3) is 0.500. The fourth-order valence-electron chi connectivity index (χ4n) is 2.81. The molecular formula is C14H16ClFN2. The van der Waals surface area contributed by atoms with Crippen LogP contribution in [0, 0.1) is 11.7 Å². The molecule has 2 nitrogen and oxygen atoms in total. The summed E-state index contributed by atoms with van der Waals surface area (Å²) in [4.78, 5) is 4.35. The first-order valence-electron chi connectivity index (χ1n) is 6.43. The Labute approximate surface area is 111 Å². The van der Waals surface area contributed by atoms with Gasteiger partial charge in [-0.1, -0.05) is 12.5 Å². The van der Waals surface area contributed by atoms with Crippen molar-refractivity contribution < 1.29 is 4.39 Å². The van der Waals surface area contributed by atoms with Crippen LogP contribution in [0.5, 0.6) is 0 Å². The molecule has 4 heteroatoms. The number of fused-ring (bicyclic) bond motifs is 1. The molecule has 1 atom stereocenters. The minimum absolute atomic E-state index is 0.265. The predicted octanol–water partition coefficient (Wildman–Crippen LogP) is 4.28. The van der Waals surface area contributed by atoms with E-state index in [9.17, 15) is 4.39 Å². The van der Waals surface area contributed by atoms with Crippen LogP contribution in [0.1, 0.15) is 38.1 Å². The highest BCUT2D eigenvalue weighted by atomic mass is 35.5. The molecule has 1 heterocycles. The van der Waals surface area contributed by atoms with Crippen LogP contribution in [-0.2, 0) is 5.88 Å². The van der Waals surface area contributed by atoms with Gasteiger partial charge in [-0.15, -0.1) is 11.6 Å². The summed E-state index contributed by atoms with van der Waals surface area (Å²) in [6.07, 6.45) is 3.79. The molecule has 0 saturated heterocycles. The van der Waals surface area contributed by atoms with Crippen LogP contribution in [0.4, 0.5) is 4.39 Å². The first kappa shape index (κ1) is 12.0. The molecule has 1 aromatic heterocycles. The van der Waals surface area contributed by atoms with Crippen molar-refractivity contribution in [2.45, 2.75) is 38.1 Å². The van der Waals surface area contributed by atoms with Crippen molar-refractivity contribution in [1.82, 2.24) is 9.55 Å². The van der Waals surface area contributed by atoms with Crippen molar-refractivity contribution in [3.63, 3.8) is 0 Å². The lowest BCUT2D eigenvalue weighted by Gasteiger charge is -2.33. The average Bonchev–Trinajstić information content (AvgIpc) is 2.66. The first-order valence-corrected chi connectivity index (χ1v) is 6.97. The minimum Gasteiger partial charge on any atom is -0.324 e. The summed E-state index contributed by atoms with van der Waals surface area (Å²) in [7, 11) is 0. The number of imidazole rings is 1. The third kappa shape index (κ3) is 1.72. The summed E-state index contributed by atoms with van der Waals surface area (Å²) in [5, 5.41) is 0. The Morgan fingerprint density at radius 2 is 2.28 bits per heavy atom. The predicted molar refractivity (Wildman–Crippen MR) is 71.3 cm³/mol. The number of hydrogen-bond acceptors (Lipinski definition) is 1. The molecule has 1 saturated carbocycles. The summed E-state index contributed by atoms with van der Waals surface area (Å²) >= 11 is 5.96. The van der Waals surface area contributed by atoms with Crippen LogP contribution in [0.15, 0.2) is 18.2 Å². The molecule has 0 amide bonds. The zero-order valence-electron chi connectivity index (χ0n) is 10.4. The van der Waals surface area contributed by atoms with Gasteiger partial charge in [-0.05, 0) is 37.8 Å². The maximum Gasteiger partial charge on any atom is 0.151 e. The molecule has 1 aliphatic rings. The van der Waals surface area contributed by atoms with E-state index in [0.717, 1.165) is 11.3 Å². The highest BCUT2D eigenvalue weighted by Crippen LogP contribution is 2.38. The van der Waals surface area contributed by atoms with Crippen molar-refractivity contribution in [3.05, 3.63) is 29.8 Å². The van der Waals surface area contributed by atoms with Crippen molar-refractivity contribution >= 4 is 22.6 Å². The zero-order valence-corrected chi connectivity index (χ0v) is 11.1. The molecule has 0 aliphatic heterocycles. The number of nitrogens with zero attached hydrogens (tertiary/aromatic N) is 2. The number of hydrogen-bond donors (Lipinski definition) is 0. The van der Waals surface area contributed by atoms with E-state index in [0.29, 0.717) is 23.4 Å². The molecule has 1 fully saturated rings. The third-order valence-electron chi connectivity index (χ3n) is 4.10. The standard InChI is InChI=1S/C14H16ClFN2/c1-9(10-4-2-5-10)18-12-7-3-6-11(16)14(12)17-13(18)8-15/h3,6-7,9-10H,2,4-5,8H2,1H3. The minimum atomic E-state index is -0.265. The second-order valence-electron chi connectivity index (χ2n) is 5.07. The van der Waals surface area contributed by atoms with Crippen LogP contribution in [0.2, 0.25) is 0 Å². The maximum absolute atomic E-state index is 13.8. The Kier molecular flexibility index (Phi) is 3.02. The van der Waals surface area contributed by atoms with E-state index in [1.807, 2.05) is 6.07 Å². The summed E-state index contributed by atoms with van der Waals surface area (Å²) < 4.78 is 15.9. The summed E-state index contributed by atoms with van der Waals surface area (Å²) in [6, 6.07) is 5.46. The number of aromatic nitrogens is 2. The van der Waals surface area contributed by atoms with E-state index in [4.69, 9.17) is 11.6 Å². The Bertz CT molecular complexity index is 574. The van der Waals surface area contributed by atoms with Crippen molar-refractivity contribution in [2.75, 3.05) is 0 Å². The Morgan fingerprint density at radius 3 is 2.89 bits per heavy atom. The molecule has 18 heavy (non-hydrogen) atoms. The summed E-state index contributed by atoms with van der Waals surface area (Å²) in [5.74, 6) is 1.51. The normalized spacial score (nSPS) is 17.9. The van der Waals surface area contributed by atoms with E-state index < -0.39 is 0 Å². The average molecular weight is 267 g/mol. The molecule has 0 N–H and O–H groups in total. The van der Waals surface area contributed by atoms with Gasteiger partial charge in [0.1, 0.15) is 11.3 Å². The summed E-state index contributed by atoms with van der Waals surface area (Å²) in [6.45, 7) is 2.19. The van der Waals surface area contributed by atoms with Gasteiger partial charge in [0.2, 0.25) is 0 Å². The van der Waals surface area contributed by atoms with E-state index in [-0.39, 0.29) is 5.82 Å². The largest absolute Gasteiger partial charge is 0.324 e. The van der Waals surface area contributed by atoms with Gasteiger partial charge in [-0.2, -0.15) is 0 Å². The fourth-order valence-corrected chi connectivity index (χ4v) is 3.00. The quantitative estimate of drug-likeness (QED) is 0.759. The lowest BCUT2D eigenvalue weighted by molar-refractivity contribution is 0.223. The lowest BCUT2D eigenvalue weighted by atomic mass is 9.80. The lowest BCUT2D eigenvalue weighted by Crippen LogP contribution is -2.23. The van der Waals surface area contributed by atoms with Gasteiger partial charge >= 0.3 is 0 Å². The van der Waals surface area contributed by atoms with Gasteiger partial charge in [-0.25, -0.2) is 9.37 Å². The molecule has 1 aromatic carbocycles. The van der Waals surface area contributed by atoms with Crippen LogP contribution in [0.25, 0.3) is 11.0 Å². The van der Waals surface area contributed by atoms with Gasteiger partial charge in [-0.3, -0.25) is 0 Å². The van der Waals surface area contributed by atoms with E-state index >= 15 is 0 Å². The second kappa shape index (κ2) is 4.54. The number of rotatable bonds is 3. The number of alkyl halides is 1. The Balaban J connectivity index is 2.16. The van der Waals surface area contributed by atoms with Crippen molar-refractivity contribution in [2.24, 2.45) is 5.92 Å². The number of para-hydroxylation sites is 1. The maximum atomic E-state index is 13.8. The monoisotopic (exact) mass is 266 g/mol. The molecular weight excluding hydrogens is 251 g/mol. The highest BCUT2D eigenvalue weighted by molar-refractivity contribution is 6.16. The SMILES string of the molecule is CC(C1CCC1)n1c(CCl)nc2c(F)cccc21. The first-order chi connectivity index (χ1) is 8.72. The molecule has 1 aliphatic carbocycles. The van der Waals surface area contributed by atoms with Gasteiger partial charge in [0.15, 0.2) is 5.82 Å². The van der Waals surface area contributed by atoms with Crippen molar-refractivity contribution in [1.29, 1.82) is 0 Å². The molecule has 3 rings (SSSR count). The van der Waals surface area contributed by atoms with E-state index in [1.54, 1.807) is 6.07 Å². The van der Waals surface area contributed by atoms with Crippen LogP contribution in [0.3, 0.4) is 0 Å². The van der Waals surface area contributed by atoms with E-state index in [2.05, 4.69) is 16.5 Å². The Morgan fingerprint density at radius 1 is 1.50 bits per heavy atom. The molecule has 96 valence electrons. The van der Waals surface area contributed by atoms with Gasteiger partial charge < -0.3 is 4.57 Å². The van der Waals surface area contributed by atoms with Crippen LogP contribution < -0.4 is 0 Å². The third-order valence-corrected chi connectivity index (χ3v) is 4.34. The van der Waals surface area contributed by atoms with E-state index in [1.165, 1.54) is 25.3 Å². The van der Waals surface area contributed by atoms with Gasteiger partial charge in [0.05, 0.1) is 11.4 Å². The van der Waals surface area contributed by atoms with Crippen LogP contribution in [-0.4, -0.2) is 9.55 Å². The number of halogens is 2. The van der Waals surface area contributed by atoms with Gasteiger partial charge in [0.25, 0.3) is 0 Å². The Hall–Kier alpha value is -1.09.